The summed E-state index contributed by atoms with van der Waals surface area (Å²) in [5.74, 6) is 2.13. The van der Waals surface area contributed by atoms with Crippen LogP contribution < -0.4 is 4.57 Å². The number of hydrogen-bond donors (Lipinski definition) is 0. The maximum atomic E-state index is 2.52. The van der Waals surface area contributed by atoms with Crippen molar-refractivity contribution in [1.29, 1.82) is 0 Å². The highest BCUT2D eigenvalue weighted by Gasteiger charge is 2.19. The van der Waals surface area contributed by atoms with Crippen LogP contribution in [-0.2, 0) is 13.1 Å². The lowest BCUT2D eigenvalue weighted by Gasteiger charge is -2.08. The molecule has 1 heterocycles. The molecule has 0 spiro atoms. The monoisotopic (exact) mass is 405 g/mol. The van der Waals surface area contributed by atoms with E-state index in [1.807, 2.05) is 0 Å². The molecule has 2 nitrogen and oxygen atoms in total. The first-order valence-corrected chi connectivity index (χ1v) is 13.3. The summed E-state index contributed by atoms with van der Waals surface area (Å²) in [6.45, 7) is 11.7. The summed E-state index contributed by atoms with van der Waals surface area (Å²) >= 11 is 0. The van der Waals surface area contributed by atoms with Gasteiger partial charge < -0.3 is 0 Å². The molecule has 29 heavy (non-hydrogen) atoms. The largest absolute Gasteiger partial charge is 0.258 e. The maximum absolute atomic E-state index is 2.52. The van der Waals surface area contributed by atoms with E-state index < -0.39 is 0 Å². The highest BCUT2D eigenvalue weighted by atomic mass is 15.1. The molecule has 0 saturated carbocycles. The van der Waals surface area contributed by atoms with Crippen LogP contribution in [0.5, 0.6) is 0 Å². The standard InChI is InChI=1S/C27H53N2/c1-5-7-9-10-11-12-13-14-15-16-17-18-19-21-23-29-25-24-28(22-20-8-6-2)27(29)26(3)4/h24-26H,5-23H2,1-4H3/q+1. The van der Waals surface area contributed by atoms with Gasteiger partial charge in [-0.05, 0) is 25.7 Å². The van der Waals surface area contributed by atoms with Gasteiger partial charge in [0.15, 0.2) is 0 Å². The first-order chi connectivity index (χ1) is 14.2. The van der Waals surface area contributed by atoms with Gasteiger partial charge in [-0.15, -0.1) is 0 Å². The third-order valence-corrected chi connectivity index (χ3v) is 6.29. The van der Waals surface area contributed by atoms with Crippen LogP contribution in [0.4, 0.5) is 0 Å². The quantitative estimate of drug-likeness (QED) is 0.152. The van der Waals surface area contributed by atoms with Gasteiger partial charge >= 0.3 is 0 Å². The average Bonchev–Trinajstić information content (AvgIpc) is 3.11. The molecule has 1 aromatic rings. The van der Waals surface area contributed by atoms with Crippen molar-refractivity contribution in [2.45, 2.75) is 156 Å². The van der Waals surface area contributed by atoms with Crippen molar-refractivity contribution in [1.82, 2.24) is 4.57 Å². The number of rotatable bonds is 20. The Kier molecular flexibility index (Phi) is 16.3. The highest BCUT2D eigenvalue weighted by molar-refractivity contribution is 4.89. The summed E-state index contributed by atoms with van der Waals surface area (Å²) in [7, 11) is 0. The fraction of sp³-hybridized carbons (Fsp3) is 0.889. The Balaban J connectivity index is 2.04. The van der Waals surface area contributed by atoms with Crippen LogP contribution in [0.3, 0.4) is 0 Å². The first kappa shape index (κ1) is 26.2. The molecule has 0 unspecified atom stereocenters. The third-order valence-electron chi connectivity index (χ3n) is 6.29. The number of aromatic nitrogens is 2. The highest BCUT2D eigenvalue weighted by Crippen LogP contribution is 2.15. The molecular weight excluding hydrogens is 352 g/mol. The topological polar surface area (TPSA) is 8.81 Å². The maximum Gasteiger partial charge on any atom is 0.258 e. The van der Waals surface area contributed by atoms with Gasteiger partial charge in [-0.3, -0.25) is 0 Å². The summed E-state index contributed by atoms with van der Waals surface area (Å²) in [4.78, 5) is 0. The van der Waals surface area contributed by atoms with Gasteiger partial charge in [0, 0.05) is 0 Å². The Bertz CT molecular complexity index is 475. The molecular formula is C27H53N2+. The lowest BCUT2D eigenvalue weighted by molar-refractivity contribution is -0.705. The van der Waals surface area contributed by atoms with Crippen molar-refractivity contribution in [3.05, 3.63) is 18.2 Å². The zero-order valence-electron chi connectivity index (χ0n) is 20.6. The van der Waals surface area contributed by atoms with E-state index in [2.05, 4.69) is 49.2 Å². The minimum Gasteiger partial charge on any atom is -0.234 e. The fourth-order valence-electron chi connectivity index (χ4n) is 4.53. The molecule has 1 aromatic heterocycles. The minimum atomic E-state index is 0.610. The number of aryl methyl sites for hydroxylation is 2. The van der Waals surface area contributed by atoms with E-state index in [-0.39, 0.29) is 0 Å². The van der Waals surface area contributed by atoms with Gasteiger partial charge in [-0.1, -0.05) is 111 Å². The number of hydrogen-bond acceptors (Lipinski definition) is 0. The Morgan fingerprint density at radius 3 is 1.59 bits per heavy atom. The molecule has 0 fully saturated rings. The van der Waals surface area contributed by atoms with Crippen molar-refractivity contribution in [2.75, 3.05) is 0 Å². The smallest absolute Gasteiger partial charge is 0.234 e. The van der Waals surface area contributed by atoms with E-state index in [4.69, 9.17) is 0 Å². The number of imidazole rings is 1. The molecule has 0 aliphatic heterocycles. The predicted molar refractivity (Wildman–Crippen MR) is 129 cm³/mol. The van der Waals surface area contributed by atoms with E-state index in [0.29, 0.717) is 5.92 Å². The summed E-state index contributed by atoms with van der Waals surface area (Å²) < 4.78 is 5.03. The lowest BCUT2D eigenvalue weighted by atomic mass is 10.0. The second kappa shape index (κ2) is 18.0. The molecule has 0 atom stereocenters. The Morgan fingerprint density at radius 2 is 1.10 bits per heavy atom. The van der Waals surface area contributed by atoms with Crippen molar-refractivity contribution in [2.24, 2.45) is 0 Å². The van der Waals surface area contributed by atoms with Crippen LogP contribution in [0.25, 0.3) is 0 Å². The van der Waals surface area contributed by atoms with Crippen LogP contribution >= 0.6 is 0 Å². The second-order valence-corrected chi connectivity index (χ2v) is 9.50. The average molecular weight is 406 g/mol. The van der Waals surface area contributed by atoms with Gasteiger partial charge in [0.25, 0.3) is 5.82 Å². The minimum absolute atomic E-state index is 0.610. The summed E-state index contributed by atoms with van der Waals surface area (Å²) in [6.07, 6.45) is 28.7. The molecule has 0 bridgehead atoms. The van der Waals surface area contributed by atoms with Gasteiger partial charge in [0.2, 0.25) is 0 Å². The Labute approximate surface area is 183 Å². The normalized spacial score (nSPS) is 11.6. The van der Waals surface area contributed by atoms with Crippen LogP contribution in [0.1, 0.15) is 149 Å². The molecule has 0 saturated heterocycles. The second-order valence-electron chi connectivity index (χ2n) is 9.50. The molecule has 2 heteroatoms. The zero-order valence-corrected chi connectivity index (χ0v) is 20.6. The first-order valence-electron chi connectivity index (χ1n) is 13.3. The Hall–Kier alpha value is -0.790. The van der Waals surface area contributed by atoms with Gasteiger partial charge in [-0.25, -0.2) is 9.13 Å². The van der Waals surface area contributed by atoms with E-state index in [9.17, 15) is 0 Å². The van der Waals surface area contributed by atoms with Crippen LogP contribution in [0.15, 0.2) is 12.4 Å². The van der Waals surface area contributed by atoms with Crippen molar-refractivity contribution < 1.29 is 4.57 Å². The third kappa shape index (κ3) is 12.5. The van der Waals surface area contributed by atoms with Crippen LogP contribution in [-0.4, -0.2) is 4.57 Å². The molecule has 1 rings (SSSR count). The fourth-order valence-corrected chi connectivity index (χ4v) is 4.53. The van der Waals surface area contributed by atoms with E-state index >= 15 is 0 Å². The van der Waals surface area contributed by atoms with Gasteiger partial charge in [-0.2, -0.15) is 0 Å². The summed E-state index contributed by atoms with van der Waals surface area (Å²) in [6, 6.07) is 0. The molecule has 0 aliphatic carbocycles. The van der Waals surface area contributed by atoms with Gasteiger partial charge in [0.05, 0.1) is 19.0 Å². The van der Waals surface area contributed by atoms with E-state index in [0.717, 1.165) is 0 Å². The molecule has 170 valence electrons. The lowest BCUT2D eigenvalue weighted by Crippen LogP contribution is -2.38. The number of nitrogens with zero attached hydrogens (tertiary/aromatic N) is 2. The summed E-state index contributed by atoms with van der Waals surface area (Å²) in [5.41, 5.74) is 0. The van der Waals surface area contributed by atoms with E-state index in [1.165, 1.54) is 128 Å². The molecule has 0 N–H and O–H groups in total. The molecule has 0 radical (unpaired) electrons. The van der Waals surface area contributed by atoms with Crippen molar-refractivity contribution in [3.63, 3.8) is 0 Å². The number of unbranched alkanes of at least 4 members (excludes halogenated alkanes) is 15. The predicted octanol–water partition coefficient (Wildman–Crippen LogP) is 8.57. The van der Waals surface area contributed by atoms with Crippen molar-refractivity contribution in [3.8, 4) is 0 Å². The Morgan fingerprint density at radius 1 is 0.655 bits per heavy atom. The summed E-state index contributed by atoms with van der Waals surface area (Å²) in [5, 5.41) is 0. The van der Waals surface area contributed by atoms with Gasteiger partial charge in [0.1, 0.15) is 12.4 Å². The SMILES string of the molecule is CCCCCCCCCCCCCCCCn1cc[n+](CCCCC)c1C(C)C. The molecule has 0 aliphatic rings. The van der Waals surface area contributed by atoms with E-state index in [1.54, 1.807) is 0 Å². The molecule has 0 amide bonds. The van der Waals surface area contributed by atoms with Crippen LogP contribution in [0, 0.1) is 0 Å². The van der Waals surface area contributed by atoms with Crippen LogP contribution in [0.2, 0.25) is 0 Å². The zero-order chi connectivity index (χ0) is 21.2. The molecule has 0 aromatic carbocycles. The van der Waals surface area contributed by atoms with Crippen molar-refractivity contribution >= 4 is 0 Å².